The highest BCUT2D eigenvalue weighted by Gasteiger charge is 2.54. The van der Waals surface area contributed by atoms with Gasteiger partial charge in [0.05, 0.1) is 5.69 Å². The van der Waals surface area contributed by atoms with Gasteiger partial charge in [-0.1, -0.05) is 43.3 Å². The lowest BCUT2D eigenvalue weighted by atomic mass is 9.55. The summed E-state index contributed by atoms with van der Waals surface area (Å²) < 4.78 is 6.17. The van der Waals surface area contributed by atoms with E-state index in [1.165, 1.54) is 11.1 Å². The van der Waals surface area contributed by atoms with E-state index in [0.29, 0.717) is 30.1 Å². The van der Waals surface area contributed by atoms with Crippen LogP contribution in [0, 0.1) is 17.3 Å². The number of rotatable bonds is 4. The van der Waals surface area contributed by atoms with Gasteiger partial charge in [-0.3, -0.25) is 9.59 Å². The molecule has 0 radical (unpaired) electrons. The van der Waals surface area contributed by atoms with Crippen LogP contribution in [-0.4, -0.2) is 11.7 Å². The highest BCUT2D eigenvalue weighted by atomic mass is 16.5. The maximum atomic E-state index is 12.6. The van der Waals surface area contributed by atoms with Crippen LogP contribution in [-0.2, 0) is 22.6 Å². The number of benzene rings is 2. The molecule has 2 saturated carbocycles. The van der Waals surface area contributed by atoms with E-state index in [1.54, 1.807) is 6.92 Å². The Kier molecular flexibility index (Phi) is 5.11. The van der Waals surface area contributed by atoms with Gasteiger partial charge in [0.2, 0.25) is 5.91 Å². The zero-order valence-corrected chi connectivity index (χ0v) is 18.4. The number of carbonyl (C=O) groups excluding carboxylic acids is 2. The lowest BCUT2D eigenvalue weighted by Gasteiger charge is -2.48. The zero-order chi connectivity index (χ0) is 21.6. The molecule has 162 valence electrons. The monoisotopic (exact) mass is 417 g/mol. The summed E-state index contributed by atoms with van der Waals surface area (Å²) in [5, 5.41) is 3.08. The molecule has 31 heavy (non-hydrogen) atoms. The molecule has 1 N–H and O–H groups in total. The Hall–Kier alpha value is -2.62. The molecule has 4 unspecified atom stereocenters. The first-order chi connectivity index (χ1) is 15.0. The molecule has 3 aliphatic rings. The number of hydrogen-bond acceptors (Lipinski definition) is 3. The molecular formula is C27H31NO3. The van der Waals surface area contributed by atoms with Gasteiger partial charge in [-0.05, 0) is 72.6 Å². The number of carbonyl (C=O) groups is 2. The molecular weight excluding hydrogens is 386 g/mol. The van der Waals surface area contributed by atoms with Crippen molar-refractivity contribution in [2.45, 2.75) is 64.9 Å². The van der Waals surface area contributed by atoms with Gasteiger partial charge in [-0.15, -0.1) is 0 Å². The van der Waals surface area contributed by atoms with Gasteiger partial charge in [-0.25, -0.2) is 0 Å². The molecule has 2 aromatic rings. The van der Waals surface area contributed by atoms with Gasteiger partial charge in [0.15, 0.2) is 0 Å². The van der Waals surface area contributed by atoms with E-state index >= 15 is 0 Å². The van der Waals surface area contributed by atoms with Crippen molar-refractivity contribution in [1.29, 1.82) is 0 Å². The second kappa shape index (κ2) is 7.81. The molecule has 0 saturated heterocycles. The topological polar surface area (TPSA) is 55.4 Å². The van der Waals surface area contributed by atoms with Crippen LogP contribution in [0.2, 0.25) is 0 Å². The summed E-state index contributed by atoms with van der Waals surface area (Å²) in [5.74, 6) is 2.70. The van der Waals surface area contributed by atoms with Crippen molar-refractivity contribution in [1.82, 2.24) is 0 Å². The minimum absolute atomic E-state index is 0.0716. The van der Waals surface area contributed by atoms with E-state index in [4.69, 9.17) is 4.74 Å². The van der Waals surface area contributed by atoms with Crippen LogP contribution in [0.25, 0.3) is 0 Å². The average Bonchev–Trinajstić information content (AvgIpc) is 3.08. The fourth-order valence-electron chi connectivity index (χ4n) is 6.59. The minimum Gasteiger partial charge on any atom is -0.487 e. The Morgan fingerprint density at radius 1 is 1.10 bits per heavy atom. The largest absolute Gasteiger partial charge is 0.487 e. The standard InChI is InChI=1S/C27H31NO3/c1-17(29)28-26-22-9-8-21-20(14-15-27(2)23(21)11-13-25(27)30)19(22)10-12-24(26)31-16-18-6-4-3-5-7-18/h3-7,10,12,20-21,23H,8-9,11,13-16H2,1-2H3,(H,28,29). The van der Waals surface area contributed by atoms with E-state index in [-0.39, 0.29) is 11.3 Å². The number of ether oxygens (including phenoxy) is 1. The molecule has 3 aliphatic carbocycles. The quantitative estimate of drug-likeness (QED) is 0.699. The van der Waals surface area contributed by atoms with Crippen molar-refractivity contribution in [3.8, 4) is 5.75 Å². The first-order valence-corrected chi connectivity index (χ1v) is 11.6. The fraction of sp³-hybridized carbons (Fsp3) is 0.481. The summed E-state index contributed by atoms with van der Waals surface area (Å²) in [5.41, 5.74) is 4.42. The molecule has 4 nitrogen and oxygen atoms in total. The number of Topliss-reactive ketones (excluding diaryl/α,β-unsaturated/α-hetero) is 1. The Labute approximate surface area is 184 Å². The maximum Gasteiger partial charge on any atom is 0.221 e. The highest BCUT2D eigenvalue weighted by Crippen LogP contribution is 2.60. The number of nitrogens with one attached hydrogen (secondary N) is 1. The summed E-state index contributed by atoms with van der Waals surface area (Å²) >= 11 is 0. The average molecular weight is 418 g/mol. The molecule has 2 fully saturated rings. The van der Waals surface area contributed by atoms with E-state index < -0.39 is 0 Å². The molecule has 0 aromatic heterocycles. The van der Waals surface area contributed by atoms with Gasteiger partial charge in [-0.2, -0.15) is 0 Å². The normalized spacial score (nSPS) is 29.0. The van der Waals surface area contributed by atoms with Crippen molar-refractivity contribution in [2.24, 2.45) is 17.3 Å². The first kappa shape index (κ1) is 20.3. The molecule has 2 aromatic carbocycles. The molecule has 4 atom stereocenters. The summed E-state index contributed by atoms with van der Waals surface area (Å²) in [6.45, 7) is 4.24. The molecule has 0 bridgehead atoms. The SMILES string of the molecule is CC(=O)Nc1c(OCc2ccccc2)ccc2c1CCC1C2CCC2(C)C(=O)CCC12. The summed E-state index contributed by atoms with van der Waals surface area (Å²) in [6, 6.07) is 14.3. The molecule has 0 heterocycles. The predicted octanol–water partition coefficient (Wildman–Crippen LogP) is 5.65. The summed E-state index contributed by atoms with van der Waals surface area (Å²) in [7, 11) is 0. The summed E-state index contributed by atoms with van der Waals surface area (Å²) in [4.78, 5) is 24.6. The van der Waals surface area contributed by atoms with Crippen molar-refractivity contribution in [3.63, 3.8) is 0 Å². The lowest BCUT2D eigenvalue weighted by Crippen LogP contribution is -2.42. The Morgan fingerprint density at radius 2 is 1.90 bits per heavy atom. The van der Waals surface area contributed by atoms with Crippen LogP contribution in [0.5, 0.6) is 5.75 Å². The molecule has 0 aliphatic heterocycles. The van der Waals surface area contributed by atoms with Crippen LogP contribution in [0.3, 0.4) is 0 Å². The molecule has 0 spiro atoms. The van der Waals surface area contributed by atoms with Crippen LogP contribution in [0.4, 0.5) is 5.69 Å². The van der Waals surface area contributed by atoms with Gasteiger partial charge in [0.1, 0.15) is 18.1 Å². The third-order valence-corrected chi connectivity index (χ3v) is 8.12. The third kappa shape index (κ3) is 3.46. The molecule has 1 amide bonds. The van der Waals surface area contributed by atoms with E-state index in [0.717, 1.165) is 55.5 Å². The summed E-state index contributed by atoms with van der Waals surface area (Å²) in [6.07, 6.45) is 5.84. The zero-order valence-electron chi connectivity index (χ0n) is 18.4. The van der Waals surface area contributed by atoms with Crippen LogP contribution in [0.1, 0.15) is 68.6 Å². The Morgan fingerprint density at radius 3 is 2.68 bits per heavy atom. The van der Waals surface area contributed by atoms with Crippen LogP contribution >= 0.6 is 0 Å². The Bertz CT molecular complexity index is 1010. The van der Waals surface area contributed by atoms with Gasteiger partial charge in [0, 0.05) is 18.8 Å². The lowest BCUT2D eigenvalue weighted by molar-refractivity contribution is -0.129. The number of amides is 1. The van der Waals surface area contributed by atoms with Crippen molar-refractivity contribution in [2.75, 3.05) is 5.32 Å². The van der Waals surface area contributed by atoms with Crippen LogP contribution in [0.15, 0.2) is 42.5 Å². The van der Waals surface area contributed by atoms with Crippen molar-refractivity contribution < 1.29 is 14.3 Å². The number of hydrogen-bond donors (Lipinski definition) is 1. The number of anilines is 1. The van der Waals surface area contributed by atoms with E-state index in [1.807, 2.05) is 36.4 Å². The van der Waals surface area contributed by atoms with Crippen LogP contribution < -0.4 is 10.1 Å². The van der Waals surface area contributed by atoms with E-state index in [2.05, 4.69) is 18.3 Å². The molecule has 4 heteroatoms. The maximum absolute atomic E-state index is 12.6. The first-order valence-electron chi connectivity index (χ1n) is 11.6. The second-order valence-electron chi connectivity index (χ2n) is 9.80. The Balaban J connectivity index is 1.46. The fourth-order valence-corrected chi connectivity index (χ4v) is 6.59. The minimum atomic E-state index is -0.113. The van der Waals surface area contributed by atoms with Crippen molar-refractivity contribution >= 4 is 17.4 Å². The highest BCUT2D eigenvalue weighted by molar-refractivity contribution is 5.92. The smallest absolute Gasteiger partial charge is 0.221 e. The number of fused-ring (bicyclic) bond motifs is 5. The van der Waals surface area contributed by atoms with Gasteiger partial charge < -0.3 is 10.1 Å². The van der Waals surface area contributed by atoms with E-state index in [9.17, 15) is 9.59 Å². The number of ketones is 1. The second-order valence-corrected chi connectivity index (χ2v) is 9.80. The van der Waals surface area contributed by atoms with Gasteiger partial charge >= 0.3 is 0 Å². The van der Waals surface area contributed by atoms with Crippen molar-refractivity contribution in [3.05, 3.63) is 59.2 Å². The third-order valence-electron chi connectivity index (χ3n) is 8.12. The predicted molar refractivity (Wildman–Crippen MR) is 121 cm³/mol. The molecule has 5 rings (SSSR count). The van der Waals surface area contributed by atoms with Gasteiger partial charge in [0.25, 0.3) is 0 Å².